The van der Waals surface area contributed by atoms with Crippen LogP contribution >= 0.6 is 0 Å². The number of hydrogen-bond acceptors (Lipinski definition) is 5. The summed E-state index contributed by atoms with van der Waals surface area (Å²) in [7, 11) is 0. The number of nitrogens with zero attached hydrogens (tertiary/aromatic N) is 2. The molecule has 2 fully saturated rings. The number of likely N-dealkylation sites (tertiary alicyclic amines) is 1. The minimum absolute atomic E-state index is 0.0435. The van der Waals surface area contributed by atoms with E-state index >= 15 is 0 Å². The van der Waals surface area contributed by atoms with Gasteiger partial charge in [-0.15, -0.1) is 0 Å². The van der Waals surface area contributed by atoms with Gasteiger partial charge in [0.05, 0.1) is 12.9 Å². The minimum Gasteiger partial charge on any atom is -0.459 e. The van der Waals surface area contributed by atoms with Gasteiger partial charge < -0.3 is 19.4 Å². The van der Waals surface area contributed by atoms with E-state index in [2.05, 4.69) is 5.32 Å². The van der Waals surface area contributed by atoms with Gasteiger partial charge in [0.2, 0.25) is 5.91 Å². The van der Waals surface area contributed by atoms with Crippen LogP contribution in [0.3, 0.4) is 0 Å². The first kappa shape index (κ1) is 23.0. The second kappa shape index (κ2) is 9.39. The number of aryl methyl sites for hydroxylation is 1. The number of furan rings is 1. The predicted octanol–water partition coefficient (Wildman–Crippen LogP) is 2.83. The summed E-state index contributed by atoms with van der Waals surface area (Å²) in [6.45, 7) is 7.49. The summed E-state index contributed by atoms with van der Waals surface area (Å²) in [5.74, 6) is -0.202. The molecule has 2 aromatic rings. The molecule has 1 aromatic heterocycles. The molecular formula is C25H31N3O5. The number of piperidine rings is 1. The van der Waals surface area contributed by atoms with Crippen molar-refractivity contribution in [3.05, 3.63) is 59.5 Å². The van der Waals surface area contributed by atoms with Crippen molar-refractivity contribution in [1.82, 2.24) is 15.1 Å². The average Bonchev–Trinajstić information content (AvgIpc) is 3.47. The SMILES string of the molecule is Cc1ccc(C(=O)N2CCC3(CC2)OCC(C(=O)NCC(C)C)N3C(=O)c2ccco2)cc1. The van der Waals surface area contributed by atoms with E-state index in [1.807, 2.05) is 45.0 Å². The van der Waals surface area contributed by atoms with E-state index in [0.717, 1.165) is 5.56 Å². The Morgan fingerprint density at radius 1 is 1.09 bits per heavy atom. The first-order chi connectivity index (χ1) is 15.8. The van der Waals surface area contributed by atoms with Gasteiger partial charge in [-0.2, -0.15) is 0 Å². The van der Waals surface area contributed by atoms with E-state index < -0.39 is 11.8 Å². The van der Waals surface area contributed by atoms with Crippen LogP contribution in [0.2, 0.25) is 0 Å². The number of nitrogens with one attached hydrogen (secondary N) is 1. The highest BCUT2D eigenvalue weighted by atomic mass is 16.5. The van der Waals surface area contributed by atoms with Gasteiger partial charge in [-0.25, -0.2) is 0 Å². The Bertz CT molecular complexity index is 992. The maximum absolute atomic E-state index is 13.4. The molecule has 0 bridgehead atoms. The molecular weight excluding hydrogens is 422 g/mol. The molecule has 3 amide bonds. The van der Waals surface area contributed by atoms with Gasteiger partial charge in [0.15, 0.2) is 5.76 Å². The fourth-order valence-corrected chi connectivity index (χ4v) is 4.45. The van der Waals surface area contributed by atoms with Crippen LogP contribution in [-0.4, -0.2) is 65.5 Å². The summed E-state index contributed by atoms with van der Waals surface area (Å²) in [6, 6.07) is 9.99. The van der Waals surface area contributed by atoms with Crippen molar-refractivity contribution >= 4 is 17.7 Å². The number of rotatable bonds is 5. The standard InChI is InChI=1S/C25H31N3O5/c1-17(2)15-26-22(29)20-16-33-25(28(20)24(31)21-5-4-14-32-21)10-12-27(13-11-25)23(30)19-8-6-18(3)7-9-19/h4-9,14,17,20H,10-13,15-16H2,1-3H3,(H,26,29). The predicted molar refractivity (Wildman–Crippen MR) is 122 cm³/mol. The zero-order valence-corrected chi connectivity index (χ0v) is 19.4. The van der Waals surface area contributed by atoms with E-state index in [9.17, 15) is 14.4 Å². The average molecular weight is 454 g/mol. The number of benzene rings is 1. The zero-order valence-electron chi connectivity index (χ0n) is 19.4. The van der Waals surface area contributed by atoms with Gasteiger partial charge in [-0.05, 0) is 37.1 Å². The minimum atomic E-state index is -0.951. The Hall–Kier alpha value is -3.13. The monoisotopic (exact) mass is 453 g/mol. The summed E-state index contributed by atoms with van der Waals surface area (Å²) in [5.41, 5.74) is 0.782. The van der Waals surface area contributed by atoms with Crippen molar-refractivity contribution in [2.24, 2.45) is 5.92 Å². The van der Waals surface area contributed by atoms with Crippen molar-refractivity contribution in [1.29, 1.82) is 0 Å². The summed E-state index contributed by atoms with van der Waals surface area (Å²) in [6.07, 6.45) is 2.28. The molecule has 1 unspecified atom stereocenters. The summed E-state index contributed by atoms with van der Waals surface area (Å²) in [4.78, 5) is 42.6. The molecule has 176 valence electrons. The Morgan fingerprint density at radius 3 is 2.39 bits per heavy atom. The zero-order chi connectivity index (χ0) is 23.6. The Balaban J connectivity index is 1.53. The van der Waals surface area contributed by atoms with Gasteiger partial charge in [-0.1, -0.05) is 31.5 Å². The molecule has 2 saturated heterocycles. The van der Waals surface area contributed by atoms with Gasteiger partial charge >= 0.3 is 0 Å². The third kappa shape index (κ3) is 4.66. The Kier molecular flexibility index (Phi) is 6.56. The van der Waals surface area contributed by atoms with Crippen LogP contribution in [0.1, 0.15) is 53.2 Å². The second-order valence-corrected chi connectivity index (χ2v) is 9.22. The van der Waals surface area contributed by atoms with E-state index in [0.29, 0.717) is 38.0 Å². The molecule has 1 atom stereocenters. The van der Waals surface area contributed by atoms with E-state index in [-0.39, 0.29) is 36.0 Å². The highest BCUT2D eigenvalue weighted by Gasteiger charge is 2.54. The number of ether oxygens (including phenoxy) is 1. The third-order valence-corrected chi connectivity index (χ3v) is 6.33. The molecule has 4 rings (SSSR count). The Labute approximate surface area is 193 Å². The smallest absolute Gasteiger partial charge is 0.292 e. The van der Waals surface area contributed by atoms with Crippen molar-refractivity contribution in [3.63, 3.8) is 0 Å². The highest BCUT2D eigenvalue weighted by molar-refractivity contribution is 5.97. The van der Waals surface area contributed by atoms with E-state index in [4.69, 9.17) is 9.15 Å². The topological polar surface area (TPSA) is 92.1 Å². The first-order valence-electron chi connectivity index (χ1n) is 11.5. The molecule has 2 aliphatic heterocycles. The van der Waals surface area contributed by atoms with Crippen molar-refractivity contribution in [3.8, 4) is 0 Å². The van der Waals surface area contributed by atoms with Crippen LogP contribution < -0.4 is 5.32 Å². The fourth-order valence-electron chi connectivity index (χ4n) is 4.45. The molecule has 1 spiro atoms. The maximum Gasteiger partial charge on any atom is 0.292 e. The number of carbonyl (C=O) groups is 3. The van der Waals surface area contributed by atoms with Gasteiger partial charge in [0.1, 0.15) is 11.8 Å². The van der Waals surface area contributed by atoms with E-state index in [1.165, 1.54) is 11.2 Å². The lowest BCUT2D eigenvalue weighted by Gasteiger charge is -2.44. The lowest BCUT2D eigenvalue weighted by atomic mass is 9.96. The van der Waals surface area contributed by atoms with Gasteiger partial charge in [-0.3, -0.25) is 19.3 Å². The van der Waals surface area contributed by atoms with Crippen LogP contribution in [0.15, 0.2) is 47.1 Å². The first-order valence-corrected chi connectivity index (χ1v) is 11.5. The highest BCUT2D eigenvalue weighted by Crippen LogP contribution is 2.38. The molecule has 0 radical (unpaired) electrons. The molecule has 0 saturated carbocycles. The van der Waals surface area contributed by atoms with Crippen LogP contribution in [0.4, 0.5) is 0 Å². The van der Waals surface area contributed by atoms with Crippen molar-refractivity contribution in [2.45, 2.75) is 45.4 Å². The van der Waals surface area contributed by atoms with Crippen LogP contribution in [0.5, 0.6) is 0 Å². The van der Waals surface area contributed by atoms with Crippen molar-refractivity contribution in [2.75, 3.05) is 26.2 Å². The molecule has 1 aromatic carbocycles. The van der Waals surface area contributed by atoms with E-state index in [1.54, 1.807) is 17.0 Å². The molecule has 2 aliphatic rings. The van der Waals surface area contributed by atoms with Crippen LogP contribution in [0, 0.1) is 12.8 Å². The quantitative estimate of drug-likeness (QED) is 0.752. The molecule has 8 nitrogen and oxygen atoms in total. The summed E-state index contributed by atoms with van der Waals surface area (Å²) in [5, 5.41) is 2.92. The van der Waals surface area contributed by atoms with Crippen LogP contribution in [0.25, 0.3) is 0 Å². The molecule has 33 heavy (non-hydrogen) atoms. The lowest BCUT2D eigenvalue weighted by Crippen LogP contribution is -2.60. The molecule has 3 heterocycles. The normalized spacial score (nSPS) is 19.8. The largest absolute Gasteiger partial charge is 0.459 e. The molecule has 8 heteroatoms. The summed E-state index contributed by atoms with van der Waals surface area (Å²) < 4.78 is 11.5. The van der Waals surface area contributed by atoms with Gasteiger partial charge in [0.25, 0.3) is 11.8 Å². The van der Waals surface area contributed by atoms with Crippen LogP contribution in [-0.2, 0) is 9.53 Å². The number of amides is 3. The number of carbonyl (C=O) groups excluding carboxylic acids is 3. The third-order valence-electron chi connectivity index (χ3n) is 6.33. The van der Waals surface area contributed by atoms with Gasteiger partial charge in [0, 0.05) is 38.0 Å². The summed E-state index contributed by atoms with van der Waals surface area (Å²) >= 11 is 0. The maximum atomic E-state index is 13.4. The Morgan fingerprint density at radius 2 is 1.79 bits per heavy atom. The van der Waals surface area contributed by atoms with Crippen molar-refractivity contribution < 1.29 is 23.5 Å². The molecule has 1 N–H and O–H groups in total. The molecule has 0 aliphatic carbocycles. The fraction of sp³-hybridized carbons (Fsp3) is 0.480. The number of hydrogen-bond donors (Lipinski definition) is 1. The second-order valence-electron chi connectivity index (χ2n) is 9.22. The lowest BCUT2D eigenvalue weighted by molar-refractivity contribution is -0.128.